The molecule has 0 aromatic heterocycles. The lowest BCUT2D eigenvalue weighted by Gasteiger charge is -2.18. The van der Waals surface area contributed by atoms with Gasteiger partial charge in [-0.3, -0.25) is 14.4 Å². The zero-order chi connectivity index (χ0) is 14.1. The quantitative estimate of drug-likeness (QED) is 0.637. The van der Waals surface area contributed by atoms with Gasteiger partial charge < -0.3 is 5.11 Å². The molecule has 1 aromatic carbocycles. The zero-order valence-electron chi connectivity index (χ0n) is 9.52. The second-order valence-corrected chi connectivity index (χ2v) is 5.51. The van der Waals surface area contributed by atoms with E-state index in [0.29, 0.717) is 4.31 Å². The number of nitrogens with zero attached hydrogens (tertiary/aromatic N) is 2. The van der Waals surface area contributed by atoms with Gasteiger partial charge in [-0.15, -0.1) is 0 Å². The van der Waals surface area contributed by atoms with Crippen LogP contribution in [0.1, 0.15) is 10.4 Å². The molecule has 0 aliphatic carbocycles. The second-order valence-electron chi connectivity index (χ2n) is 3.49. The summed E-state index contributed by atoms with van der Waals surface area (Å²) < 4.78 is 23.4. The molecule has 0 fully saturated rings. The van der Waals surface area contributed by atoms with Crippen molar-refractivity contribution in [2.24, 2.45) is 0 Å². The smallest absolute Gasteiger partial charge is 0.337 e. The molecule has 0 unspecified atom stereocenters. The number of nitro benzene ring substituents is 1. The lowest BCUT2D eigenvalue weighted by Crippen LogP contribution is -2.26. The van der Waals surface area contributed by atoms with Crippen LogP contribution in [-0.2, 0) is 10.0 Å². The van der Waals surface area contributed by atoms with Gasteiger partial charge in [-0.1, -0.05) is 0 Å². The van der Waals surface area contributed by atoms with Gasteiger partial charge in [0, 0.05) is 19.2 Å². The Hall–Kier alpha value is -2.16. The maximum atomic E-state index is 11.4. The molecule has 98 valence electrons. The van der Waals surface area contributed by atoms with E-state index < -0.39 is 20.9 Å². The van der Waals surface area contributed by atoms with Crippen LogP contribution in [0.25, 0.3) is 0 Å². The first-order chi connectivity index (χ1) is 8.14. The molecule has 0 radical (unpaired) electrons. The number of rotatable bonds is 4. The van der Waals surface area contributed by atoms with Crippen LogP contribution in [-0.4, -0.2) is 37.7 Å². The SMILES string of the molecule is CN(c1cc([N+](=O)[O-])ccc1C(=O)O)S(C)(=O)=O. The van der Waals surface area contributed by atoms with Crippen LogP contribution >= 0.6 is 0 Å². The summed E-state index contributed by atoms with van der Waals surface area (Å²) >= 11 is 0. The van der Waals surface area contributed by atoms with E-state index in [9.17, 15) is 23.3 Å². The molecule has 0 saturated heterocycles. The van der Waals surface area contributed by atoms with Gasteiger partial charge in [-0.2, -0.15) is 0 Å². The van der Waals surface area contributed by atoms with Crippen LogP contribution in [0.2, 0.25) is 0 Å². The van der Waals surface area contributed by atoms with Crippen molar-refractivity contribution >= 4 is 27.4 Å². The number of carboxylic acid groups (broad SMARTS) is 1. The molecule has 0 aliphatic rings. The molecule has 0 spiro atoms. The Kier molecular flexibility index (Phi) is 3.56. The highest BCUT2D eigenvalue weighted by Gasteiger charge is 2.22. The van der Waals surface area contributed by atoms with E-state index in [2.05, 4.69) is 0 Å². The zero-order valence-corrected chi connectivity index (χ0v) is 10.3. The van der Waals surface area contributed by atoms with E-state index in [0.717, 1.165) is 31.5 Å². The average Bonchev–Trinajstić information content (AvgIpc) is 2.25. The van der Waals surface area contributed by atoms with Gasteiger partial charge in [-0.25, -0.2) is 13.2 Å². The van der Waals surface area contributed by atoms with E-state index in [1.165, 1.54) is 0 Å². The minimum atomic E-state index is -3.71. The Morgan fingerprint density at radius 1 is 1.44 bits per heavy atom. The predicted octanol–water partition coefficient (Wildman–Crippen LogP) is 0.689. The van der Waals surface area contributed by atoms with E-state index in [4.69, 9.17) is 5.11 Å². The average molecular weight is 274 g/mol. The number of carboxylic acids is 1. The van der Waals surface area contributed by atoms with Gasteiger partial charge in [-0.05, 0) is 6.07 Å². The molecular weight excluding hydrogens is 264 g/mol. The number of nitro groups is 1. The third kappa shape index (κ3) is 2.74. The monoisotopic (exact) mass is 274 g/mol. The van der Waals surface area contributed by atoms with Crippen molar-refractivity contribution < 1.29 is 23.2 Å². The normalized spacial score (nSPS) is 11.0. The highest BCUT2D eigenvalue weighted by molar-refractivity contribution is 7.92. The molecule has 0 heterocycles. The summed E-state index contributed by atoms with van der Waals surface area (Å²) in [5.74, 6) is -1.37. The Bertz CT molecular complexity index is 609. The van der Waals surface area contributed by atoms with Crippen molar-refractivity contribution in [3.8, 4) is 0 Å². The maximum Gasteiger partial charge on any atom is 0.337 e. The van der Waals surface area contributed by atoms with E-state index in [1.807, 2.05) is 0 Å². The highest BCUT2D eigenvalue weighted by atomic mass is 32.2. The Morgan fingerprint density at radius 3 is 2.39 bits per heavy atom. The molecule has 0 saturated carbocycles. The number of anilines is 1. The van der Waals surface area contributed by atoms with Crippen molar-refractivity contribution in [3.05, 3.63) is 33.9 Å². The number of non-ortho nitro benzene ring substituents is 1. The van der Waals surface area contributed by atoms with Crippen LogP contribution in [0.3, 0.4) is 0 Å². The van der Waals surface area contributed by atoms with Gasteiger partial charge in [0.15, 0.2) is 0 Å². The molecule has 1 aromatic rings. The largest absolute Gasteiger partial charge is 0.478 e. The van der Waals surface area contributed by atoms with Gasteiger partial charge in [0.05, 0.1) is 22.4 Å². The summed E-state index contributed by atoms with van der Waals surface area (Å²) in [5.41, 5.74) is -0.960. The molecule has 8 nitrogen and oxygen atoms in total. The van der Waals surface area contributed by atoms with Crippen molar-refractivity contribution in [1.29, 1.82) is 0 Å². The molecule has 0 amide bonds. The Labute approximate surface area is 103 Å². The van der Waals surface area contributed by atoms with Crippen LogP contribution < -0.4 is 4.31 Å². The number of benzene rings is 1. The molecular formula is C9H10N2O6S. The summed E-state index contributed by atoms with van der Waals surface area (Å²) in [7, 11) is -2.58. The standard InChI is InChI=1S/C9H10N2O6S/c1-10(18(2,16)17)8-5-6(11(14)15)3-4-7(8)9(12)13/h3-5H,1-2H3,(H,12,13). The number of carbonyl (C=O) groups is 1. The summed E-state index contributed by atoms with van der Waals surface area (Å²) in [6, 6.07) is 2.91. The molecule has 18 heavy (non-hydrogen) atoms. The minimum absolute atomic E-state index is 0.251. The molecule has 1 N–H and O–H groups in total. The van der Waals surface area contributed by atoms with Gasteiger partial charge in [0.2, 0.25) is 10.0 Å². The molecule has 9 heteroatoms. The van der Waals surface area contributed by atoms with Gasteiger partial charge in [0.1, 0.15) is 0 Å². The van der Waals surface area contributed by atoms with Crippen molar-refractivity contribution in [1.82, 2.24) is 0 Å². The van der Waals surface area contributed by atoms with E-state index in [1.54, 1.807) is 0 Å². The highest BCUT2D eigenvalue weighted by Crippen LogP contribution is 2.26. The van der Waals surface area contributed by atoms with E-state index >= 15 is 0 Å². The lowest BCUT2D eigenvalue weighted by atomic mass is 10.1. The first kappa shape index (κ1) is 13.9. The maximum absolute atomic E-state index is 11.4. The number of hydrogen-bond acceptors (Lipinski definition) is 5. The third-order valence-corrected chi connectivity index (χ3v) is 3.45. The minimum Gasteiger partial charge on any atom is -0.478 e. The Balaban J connectivity index is 3.51. The van der Waals surface area contributed by atoms with Crippen molar-refractivity contribution in [3.63, 3.8) is 0 Å². The first-order valence-corrected chi connectivity index (χ1v) is 6.45. The molecule has 0 atom stereocenters. The van der Waals surface area contributed by atoms with Crippen molar-refractivity contribution in [2.75, 3.05) is 17.6 Å². The summed E-state index contributed by atoms with van der Waals surface area (Å²) in [6.45, 7) is 0. The van der Waals surface area contributed by atoms with Crippen LogP contribution in [0.15, 0.2) is 18.2 Å². The molecule has 0 aliphatic heterocycles. The number of sulfonamides is 1. The molecule has 1 rings (SSSR count). The summed E-state index contributed by atoms with van der Waals surface area (Å²) in [6.07, 6.45) is 0.872. The van der Waals surface area contributed by atoms with Crippen LogP contribution in [0.4, 0.5) is 11.4 Å². The van der Waals surface area contributed by atoms with Gasteiger partial charge >= 0.3 is 5.97 Å². The Morgan fingerprint density at radius 2 is 2.00 bits per heavy atom. The van der Waals surface area contributed by atoms with Crippen molar-refractivity contribution in [2.45, 2.75) is 0 Å². The number of aromatic carboxylic acids is 1. The summed E-state index contributed by atoms with van der Waals surface area (Å²) in [4.78, 5) is 20.8. The fourth-order valence-corrected chi connectivity index (χ4v) is 1.76. The first-order valence-electron chi connectivity index (χ1n) is 4.60. The second kappa shape index (κ2) is 4.61. The fraction of sp³-hybridized carbons (Fsp3) is 0.222. The lowest BCUT2D eigenvalue weighted by molar-refractivity contribution is -0.384. The fourth-order valence-electron chi connectivity index (χ4n) is 1.25. The topological polar surface area (TPSA) is 118 Å². The predicted molar refractivity (Wildman–Crippen MR) is 63.3 cm³/mol. The van der Waals surface area contributed by atoms with E-state index in [-0.39, 0.29) is 16.9 Å². The number of hydrogen-bond donors (Lipinski definition) is 1. The van der Waals surface area contributed by atoms with Crippen LogP contribution in [0.5, 0.6) is 0 Å². The van der Waals surface area contributed by atoms with Crippen LogP contribution in [0, 0.1) is 10.1 Å². The summed E-state index contributed by atoms with van der Waals surface area (Å²) in [5, 5.41) is 19.5. The third-order valence-electron chi connectivity index (χ3n) is 2.26. The van der Waals surface area contributed by atoms with Gasteiger partial charge in [0.25, 0.3) is 5.69 Å². The molecule has 0 bridgehead atoms.